The van der Waals surface area contributed by atoms with Gasteiger partial charge in [0.15, 0.2) is 0 Å². The minimum atomic E-state index is -0.778. The van der Waals surface area contributed by atoms with Crippen LogP contribution in [0.1, 0.15) is 38.2 Å². The van der Waals surface area contributed by atoms with Crippen molar-refractivity contribution in [1.29, 1.82) is 0 Å². The molecule has 1 unspecified atom stereocenters. The maximum absolute atomic E-state index is 11.3. The van der Waals surface area contributed by atoms with Crippen molar-refractivity contribution in [2.45, 2.75) is 45.1 Å². The van der Waals surface area contributed by atoms with E-state index in [-0.39, 0.29) is 6.10 Å². The molecule has 0 spiro atoms. The van der Waals surface area contributed by atoms with Crippen LogP contribution in [0.3, 0.4) is 0 Å². The van der Waals surface area contributed by atoms with Crippen molar-refractivity contribution >= 4 is 16.9 Å². The van der Waals surface area contributed by atoms with Gasteiger partial charge in [-0.15, -0.1) is 0 Å². The number of aromatic amines is 1. The highest BCUT2D eigenvalue weighted by Crippen LogP contribution is 2.37. The predicted molar refractivity (Wildman–Crippen MR) is 105 cm³/mol. The molecule has 0 amide bonds. The van der Waals surface area contributed by atoms with Crippen molar-refractivity contribution < 1.29 is 14.6 Å². The van der Waals surface area contributed by atoms with Crippen LogP contribution < -0.4 is 4.74 Å². The summed E-state index contributed by atoms with van der Waals surface area (Å²) in [5, 5.41) is 17.5. The Balaban J connectivity index is 1.77. The number of H-pyrrole nitrogens is 1. The Bertz CT molecular complexity index is 957. The maximum Gasteiger partial charge on any atom is 0.306 e. The van der Waals surface area contributed by atoms with Crippen LogP contribution in [-0.4, -0.2) is 27.4 Å². The first-order valence-electron chi connectivity index (χ1n) is 9.56. The van der Waals surface area contributed by atoms with Gasteiger partial charge in [0.2, 0.25) is 0 Å². The molecule has 1 heterocycles. The Labute approximate surface area is 158 Å². The van der Waals surface area contributed by atoms with Gasteiger partial charge in [0.05, 0.1) is 23.7 Å². The summed E-state index contributed by atoms with van der Waals surface area (Å²) in [5.74, 6) is -0.341. The highest BCUT2D eigenvalue weighted by atomic mass is 16.5. The molecule has 1 aliphatic carbocycles. The summed E-state index contributed by atoms with van der Waals surface area (Å²) in [7, 11) is 0. The zero-order chi connectivity index (χ0) is 18.8. The first kappa shape index (κ1) is 17.6. The predicted octanol–water partition coefficient (Wildman–Crippen LogP) is 4.81. The van der Waals surface area contributed by atoms with Crippen LogP contribution in [0.15, 0.2) is 42.6 Å². The van der Waals surface area contributed by atoms with Crippen molar-refractivity contribution in [2.75, 3.05) is 0 Å². The number of fused-ring (bicyclic) bond motifs is 1. The second-order valence-electron chi connectivity index (χ2n) is 7.44. The van der Waals surface area contributed by atoms with E-state index in [1.54, 1.807) is 6.92 Å². The van der Waals surface area contributed by atoms with Crippen LogP contribution in [0.25, 0.3) is 22.0 Å². The number of aromatic nitrogens is 2. The van der Waals surface area contributed by atoms with Crippen LogP contribution in [0.2, 0.25) is 0 Å². The molecule has 1 aliphatic rings. The number of aliphatic carboxylic acids is 1. The number of nitrogens with one attached hydrogen (secondary N) is 1. The fourth-order valence-electron chi connectivity index (χ4n) is 3.85. The molecule has 2 N–H and O–H groups in total. The van der Waals surface area contributed by atoms with E-state index >= 15 is 0 Å². The van der Waals surface area contributed by atoms with Gasteiger partial charge >= 0.3 is 5.97 Å². The number of rotatable bonds is 6. The summed E-state index contributed by atoms with van der Waals surface area (Å²) in [4.78, 5) is 11.3. The SMILES string of the molecule is CC(Cc1ccc(OC2CCCC2)c(-c2cccc3[nH]ncc23)c1)C(=O)O. The lowest BCUT2D eigenvalue weighted by Gasteiger charge is -2.18. The standard InChI is InChI=1S/C22H24N2O3/c1-14(22(25)26)11-15-9-10-21(27-16-5-2-3-6-16)18(12-15)17-7-4-8-20-19(17)13-23-24-20/h4,7-10,12-14,16H,2-3,5-6,11H2,1H3,(H,23,24)(H,25,26). The number of ether oxygens (including phenoxy) is 1. The number of benzene rings is 2. The Morgan fingerprint density at radius 3 is 2.85 bits per heavy atom. The molecule has 5 heteroatoms. The van der Waals surface area contributed by atoms with Crippen LogP contribution in [-0.2, 0) is 11.2 Å². The monoisotopic (exact) mass is 364 g/mol. The van der Waals surface area contributed by atoms with Gasteiger partial charge in [-0.05, 0) is 61.4 Å². The lowest BCUT2D eigenvalue weighted by molar-refractivity contribution is -0.141. The molecule has 1 atom stereocenters. The zero-order valence-electron chi connectivity index (χ0n) is 15.4. The van der Waals surface area contributed by atoms with Gasteiger partial charge in [0, 0.05) is 10.9 Å². The molecule has 3 aromatic rings. The first-order chi connectivity index (χ1) is 13.1. The van der Waals surface area contributed by atoms with E-state index in [0.29, 0.717) is 6.42 Å². The molecule has 1 fully saturated rings. The van der Waals surface area contributed by atoms with E-state index in [9.17, 15) is 9.90 Å². The van der Waals surface area contributed by atoms with Crippen LogP contribution >= 0.6 is 0 Å². The topological polar surface area (TPSA) is 75.2 Å². The fraction of sp³-hybridized carbons (Fsp3) is 0.364. The third-order valence-corrected chi connectivity index (χ3v) is 5.38. The number of nitrogens with zero attached hydrogens (tertiary/aromatic N) is 1. The molecular formula is C22H24N2O3. The van der Waals surface area contributed by atoms with Crippen LogP contribution in [0, 0.1) is 5.92 Å². The average molecular weight is 364 g/mol. The molecule has 1 aromatic heterocycles. The van der Waals surface area contributed by atoms with Crippen molar-refractivity contribution in [1.82, 2.24) is 10.2 Å². The normalized spacial score (nSPS) is 15.9. The molecule has 27 heavy (non-hydrogen) atoms. The number of hydrogen-bond donors (Lipinski definition) is 2. The summed E-state index contributed by atoms with van der Waals surface area (Å²) < 4.78 is 6.35. The molecule has 2 aromatic carbocycles. The van der Waals surface area contributed by atoms with Gasteiger partial charge in [0.1, 0.15) is 5.75 Å². The number of carboxylic acids is 1. The van der Waals surface area contributed by atoms with Crippen molar-refractivity contribution in [2.24, 2.45) is 5.92 Å². The van der Waals surface area contributed by atoms with E-state index in [0.717, 1.165) is 46.2 Å². The van der Waals surface area contributed by atoms with E-state index in [2.05, 4.69) is 22.3 Å². The fourth-order valence-corrected chi connectivity index (χ4v) is 3.85. The lowest BCUT2D eigenvalue weighted by atomic mass is 9.95. The van der Waals surface area contributed by atoms with Crippen molar-refractivity contribution in [3.8, 4) is 16.9 Å². The minimum absolute atomic E-state index is 0.260. The van der Waals surface area contributed by atoms with Gasteiger partial charge in [-0.3, -0.25) is 9.89 Å². The summed E-state index contributed by atoms with van der Waals surface area (Å²) in [6, 6.07) is 12.1. The summed E-state index contributed by atoms with van der Waals surface area (Å²) >= 11 is 0. The summed E-state index contributed by atoms with van der Waals surface area (Å²) in [6.07, 6.45) is 7.19. The molecular weight excluding hydrogens is 340 g/mol. The first-order valence-corrected chi connectivity index (χ1v) is 9.56. The van der Waals surface area contributed by atoms with E-state index in [1.807, 2.05) is 30.5 Å². The smallest absolute Gasteiger partial charge is 0.306 e. The highest BCUT2D eigenvalue weighted by Gasteiger charge is 2.20. The van der Waals surface area contributed by atoms with Crippen molar-refractivity contribution in [3.05, 3.63) is 48.2 Å². The largest absolute Gasteiger partial charge is 0.490 e. The number of carbonyl (C=O) groups is 1. The Morgan fingerprint density at radius 1 is 1.26 bits per heavy atom. The number of carboxylic acid groups (broad SMARTS) is 1. The molecule has 0 saturated heterocycles. The van der Waals surface area contributed by atoms with E-state index in [1.165, 1.54) is 12.8 Å². The molecule has 0 aliphatic heterocycles. The van der Waals surface area contributed by atoms with Gasteiger partial charge in [-0.2, -0.15) is 5.10 Å². The highest BCUT2D eigenvalue weighted by molar-refractivity contribution is 5.96. The van der Waals surface area contributed by atoms with Gasteiger partial charge < -0.3 is 9.84 Å². The van der Waals surface area contributed by atoms with Crippen molar-refractivity contribution in [3.63, 3.8) is 0 Å². The second-order valence-corrected chi connectivity index (χ2v) is 7.44. The van der Waals surface area contributed by atoms with E-state index < -0.39 is 11.9 Å². The van der Waals surface area contributed by atoms with E-state index in [4.69, 9.17) is 4.74 Å². The molecule has 0 bridgehead atoms. The molecule has 140 valence electrons. The number of hydrogen-bond acceptors (Lipinski definition) is 3. The third-order valence-electron chi connectivity index (χ3n) is 5.38. The van der Waals surface area contributed by atoms with Crippen LogP contribution in [0.4, 0.5) is 0 Å². The summed E-state index contributed by atoms with van der Waals surface area (Å²) in [6.45, 7) is 1.74. The molecule has 0 radical (unpaired) electrons. The third kappa shape index (κ3) is 3.68. The van der Waals surface area contributed by atoms with Crippen LogP contribution in [0.5, 0.6) is 5.75 Å². The minimum Gasteiger partial charge on any atom is -0.490 e. The molecule has 1 saturated carbocycles. The Kier molecular flexibility index (Phi) is 4.84. The summed E-state index contributed by atoms with van der Waals surface area (Å²) in [5.41, 5.74) is 4.03. The quantitative estimate of drug-likeness (QED) is 0.658. The Morgan fingerprint density at radius 2 is 2.07 bits per heavy atom. The zero-order valence-corrected chi connectivity index (χ0v) is 15.4. The van der Waals surface area contributed by atoms with Gasteiger partial charge in [0.25, 0.3) is 0 Å². The molecule has 5 nitrogen and oxygen atoms in total. The van der Waals surface area contributed by atoms with Gasteiger partial charge in [-0.1, -0.05) is 25.1 Å². The van der Waals surface area contributed by atoms with Gasteiger partial charge in [-0.25, -0.2) is 0 Å². The molecule has 4 rings (SSSR count). The maximum atomic E-state index is 11.3. The second kappa shape index (κ2) is 7.43. The average Bonchev–Trinajstić information content (AvgIpc) is 3.34. The lowest BCUT2D eigenvalue weighted by Crippen LogP contribution is -2.13. The Hall–Kier alpha value is -2.82.